The fraction of sp³-hybridized carbons (Fsp3) is 0.273. The summed E-state index contributed by atoms with van der Waals surface area (Å²) in [5.41, 5.74) is 2.29. The Morgan fingerprint density at radius 1 is 1.38 bits per heavy atom. The lowest BCUT2D eigenvalue weighted by Gasteiger charge is -2.02. The second-order valence-corrected chi connectivity index (χ2v) is 4.28. The third kappa shape index (κ3) is 1.47. The maximum absolute atomic E-state index is 9.51. The first-order valence-corrected chi connectivity index (χ1v) is 5.22. The van der Waals surface area contributed by atoms with Crippen molar-refractivity contribution < 1.29 is 5.11 Å². The summed E-state index contributed by atoms with van der Waals surface area (Å²) in [5, 5.41) is 12.7. The average molecular weight is 192 g/mol. The van der Waals surface area contributed by atoms with Crippen LogP contribution in [0.4, 0.5) is 0 Å². The van der Waals surface area contributed by atoms with Crippen molar-refractivity contribution in [2.75, 3.05) is 0 Å². The standard InChI is InChI=1S/C11H12OS/c1-7-3-4-11-9(5-7)10(6-13-11)8(2)12/h3-6,8,12H,1-2H3. The number of rotatable bonds is 1. The third-order valence-corrected chi connectivity index (χ3v) is 3.19. The molecule has 1 unspecified atom stereocenters. The third-order valence-electron chi connectivity index (χ3n) is 2.21. The molecule has 0 spiro atoms. The maximum Gasteiger partial charge on any atom is 0.0776 e. The van der Waals surface area contributed by atoms with E-state index in [4.69, 9.17) is 0 Å². The van der Waals surface area contributed by atoms with Crippen LogP contribution in [-0.2, 0) is 0 Å². The highest BCUT2D eigenvalue weighted by Crippen LogP contribution is 2.30. The van der Waals surface area contributed by atoms with Crippen LogP contribution in [0.1, 0.15) is 24.2 Å². The molecule has 0 aliphatic heterocycles. The molecule has 68 valence electrons. The summed E-state index contributed by atoms with van der Waals surface area (Å²) in [5.74, 6) is 0. The predicted molar refractivity (Wildman–Crippen MR) is 57.2 cm³/mol. The quantitative estimate of drug-likeness (QED) is 0.735. The molecule has 2 heteroatoms. The van der Waals surface area contributed by atoms with Gasteiger partial charge in [-0.15, -0.1) is 11.3 Å². The largest absolute Gasteiger partial charge is 0.389 e. The zero-order valence-electron chi connectivity index (χ0n) is 7.74. The van der Waals surface area contributed by atoms with Gasteiger partial charge in [0.05, 0.1) is 6.10 Å². The van der Waals surface area contributed by atoms with Gasteiger partial charge in [0.15, 0.2) is 0 Å². The minimum absolute atomic E-state index is 0.365. The van der Waals surface area contributed by atoms with Crippen LogP contribution in [0.25, 0.3) is 10.1 Å². The van der Waals surface area contributed by atoms with Gasteiger partial charge >= 0.3 is 0 Å². The van der Waals surface area contributed by atoms with Crippen molar-refractivity contribution in [2.24, 2.45) is 0 Å². The summed E-state index contributed by atoms with van der Waals surface area (Å²) in [4.78, 5) is 0. The van der Waals surface area contributed by atoms with E-state index in [1.165, 1.54) is 15.6 Å². The lowest BCUT2D eigenvalue weighted by atomic mass is 10.1. The number of thiophene rings is 1. The Kier molecular flexibility index (Phi) is 2.10. The first-order chi connectivity index (χ1) is 6.18. The van der Waals surface area contributed by atoms with Gasteiger partial charge in [0, 0.05) is 4.70 Å². The highest BCUT2D eigenvalue weighted by Gasteiger charge is 2.07. The van der Waals surface area contributed by atoms with E-state index in [1.807, 2.05) is 12.3 Å². The van der Waals surface area contributed by atoms with Gasteiger partial charge < -0.3 is 5.11 Å². The van der Waals surface area contributed by atoms with Gasteiger partial charge in [-0.1, -0.05) is 17.7 Å². The maximum atomic E-state index is 9.51. The molecular formula is C11H12OS. The van der Waals surface area contributed by atoms with Crippen LogP contribution in [0.15, 0.2) is 23.6 Å². The highest BCUT2D eigenvalue weighted by molar-refractivity contribution is 7.17. The van der Waals surface area contributed by atoms with Crippen molar-refractivity contribution in [3.8, 4) is 0 Å². The van der Waals surface area contributed by atoms with E-state index in [1.54, 1.807) is 11.3 Å². The summed E-state index contributed by atoms with van der Waals surface area (Å²) in [7, 11) is 0. The molecule has 1 heterocycles. The number of aliphatic hydroxyl groups excluding tert-OH is 1. The van der Waals surface area contributed by atoms with Gasteiger partial charge in [-0.3, -0.25) is 0 Å². The Balaban J connectivity index is 2.71. The van der Waals surface area contributed by atoms with Crippen LogP contribution < -0.4 is 0 Å². The number of benzene rings is 1. The van der Waals surface area contributed by atoms with E-state index in [-0.39, 0.29) is 6.10 Å². The van der Waals surface area contributed by atoms with Crippen LogP contribution in [0.5, 0.6) is 0 Å². The van der Waals surface area contributed by atoms with Gasteiger partial charge in [0.2, 0.25) is 0 Å². The van der Waals surface area contributed by atoms with E-state index < -0.39 is 0 Å². The number of aliphatic hydroxyl groups is 1. The SMILES string of the molecule is Cc1ccc2scc(C(C)O)c2c1. The molecule has 0 radical (unpaired) electrons. The smallest absolute Gasteiger partial charge is 0.0776 e. The summed E-state index contributed by atoms with van der Waals surface area (Å²) in [6.45, 7) is 3.88. The molecule has 1 aromatic carbocycles. The van der Waals surface area contributed by atoms with E-state index in [9.17, 15) is 5.11 Å². The van der Waals surface area contributed by atoms with Crippen molar-refractivity contribution in [1.29, 1.82) is 0 Å². The summed E-state index contributed by atoms with van der Waals surface area (Å²) in [6.07, 6.45) is -0.365. The predicted octanol–water partition coefficient (Wildman–Crippen LogP) is 3.26. The first-order valence-electron chi connectivity index (χ1n) is 4.34. The normalized spacial score (nSPS) is 13.5. The fourth-order valence-electron chi connectivity index (χ4n) is 1.49. The second-order valence-electron chi connectivity index (χ2n) is 3.37. The molecule has 1 atom stereocenters. The molecule has 1 nitrogen and oxygen atoms in total. The van der Waals surface area contributed by atoms with E-state index in [0.29, 0.717) is 0 Å². The zero-order valence-corrected chi connectivity index (χ0v) is 8.56. The van der Waals surface area contributed by atoms with Gasteiger partial charge in [-0.25, -0.2) is 0 Å². The van der Waals surface area contributed by atoms with Crippen molar-refractivity contribution in [1.82, 2.24) is 0 Å². The Morgan fingerprint density at radius 3 is 2.85 bits per heavy atom. The Labute approximate surface area is 81.6 Å². The Hall–Kier alpha value is -0.860. The molecule has 0 amide bonds. The minimum Gasteiger partial charge on any atom is -0.389 e. The zero-order chi connectivity index (χ0) is 9.42. The number of hydrogen-bond acceptors (Lipinski definition) is 2. The molecule has 0 saturated carbocycles. The van der Waals surface area contributed by atoms with Crippen LogP contribution in [-0.4, -0.2) is 5.11 Å². The van der Waals surface area contributed by atoms with Gasteiger partial charge in [0.1, 0.15) is 0 Å². The van der Waals surface area contributed by atoms with E-state index in [0.717, 1.165) is 5.56 Å². The van der Waals surface area contributed by atoms with Crippen LogP contribution in [0.2, 0.25) is 0 Å². The topological polar surface area (TPSA) is 20.2 Å². The van der Waals surface area contributed by atoms with Crippen LogP contribution in [0.3, 0.4) is 0 Å². The Morgan fingerprint density at radius 2 is 2.15 bits per heavy atom. The molecule has 0 aliphatic rings. The molecule has 2 aromatic rings. The first kappa shape index (κ1) is 8.73. The minimum atomic E-state index is -0.365. The number of fused-ring (bicyclic) bond motifs is 1. The van der Waals surface area contributed by atoms with Gasteiger partial charge in [0.25, 0.3) is 0 Å². The molecule has 1 N–H and O–H groups in total. The lowest BCUT2D eigenvalue weighted by molar-refractivity contribution is 0.201. The summed E-state index contributed by atoms with van der Waals surface area (Å²) >= 11 is 1.69. The van der Waals surface area contributed by atoms with Crippen LogP contribution >= 0.6 is 11.3 Å². The highest BCUT2D eigenvalue weighted by atomic mass is 32.1. The van der Waals surface area contributed by atoms with Crippen molar-refractivity contribution in [3.05, 3.63) is 34.7 Å². The fourth-order valence-corrected chi connectivity index (χ4v) is 2.51. The van der Waals surface area contributed by atoms with E-state index >= 15 is 0 Å². The molecule has 0 bridgehead atoms. The van der Waals surface area contributed by atoms with Crippen molar-refractivity contribution in [2.45, 2.75) is 20.0 Å². The monoisotopic (exact) mass is 192 g/mol. The summed E-state index contributed by atoms with van der Waals surface area (Å²) in [6, 6.07) is 6.35. The number of aryl methyl sites for hydroxylation is 1. The molecule has 1 aromatic heterocycles. The van der Waals surface area contributed by atoms with E-state index in [2.05, 4.69) is 25.1 Å². The van der Waals surface area contributed by atoms with Crippen LogP contribution in [0, 0.1) is 6.92 Å². The molecule has 0 fully saturated rings. The van der Waals surface area contributed by atoms with Gasteiger partial charge in [-0.05, 0) is 36.2 Å². The van der Waals surface area contributed by atoms with Crippen molar-refractivity contribution in [3.63, 3.8) is 0 Å². The molecule has 0 aliphatic carbocycles. The number of hydrogen-bond donors (Lipinski definition) is 1. The lowest BCUT2D eigenvalue weighted by Crippen LogP contribution is -1.87. The molecule has 0 saturated heterocycles. The molecule has 13 heavy (non-hydrogen) atoms. The van der Waals surface area contributed by atoms with Gasteiger partial charge in [-0.2, -0.15) is 0 Å². The molecule has 2 rings (SSSR count). The second kappa shape index (κ2) is 3.13. The van der Waals surface area contributed by atoms with Crippen molar-refractivity contribution >= 4 is 21.4 Å². The Bertz CT molecular complexity index is 429. The molecular weight excluding hydrogens is 180 g/mol. The average Bonchev–Trinajstić information content (AvgIpc) is 2.46. The summed E-state index contributed by atoms with van der Waals surface area (Å²) < 4.78 is 1.25.